The average molecular weight is 405 g/mol. The van der Waals surface area contributed by atoms with E-state index in [1.807, 2.05) is 45.0 Å². The number of piperazine rings is 1. The van der Waals surface area contributed by atoms with Crippen LogP contribution in [0.25, 0.3) is 0 Å². The summed E-state index contributed by atoms with van der Waals surface area (Å²) in [5.74, 6) is 2.57. The molecule has 29 heavy (non-hydrogen) atoms. The number of hydrogen-bond acceptors (Lipinski definition) is 7. The molecule has 8 nitrogen and oxygen atoms in total. The molecule has 8 heteroatoms. The summed E-state index contributed by atoms with van der Waals surface area (Å²) in [6, 6.07) is 7.80. The smallest absolute Gasteiger partial charge is 0.410 e. The molecule has 2 aliphatic rings. The molecule has 1 atom stereocenters. The number of guanidine groups is 1. The van der Waals surface area contributed by atoms with E-state index in [9.17, 15) is 4.79 Å². The average Bonchev–Trinajstić information content (AvgIpc) is 3.09. The molecule has 0 aromatic heterocycles. The Labute approximate surface area is 172 Å². The Morgan fingerprint density at radius 1 is 1.21 bits per heavy atom. The van der Waals surface area contributed by atoms with Crippen LogP contribution >= 0.6 is 0 Å². The van der Waals surface area contributed by atoms with Crippen LogP contribution in [0.2, 0.25) is 0 Å². The van der Waals surface area contributed by atoms with E-state index in [-0.39, 0.29) is 12.1 Å². The van der Waals surface area contributed by atoms with Crippen molar-refractivity contribution in [3.8, 4) is 11.5 Å². The highest BCUT2D eigenvalue weighted by Crippen LogP contribution is 2.19. The molecular weight excluding hydrogens is 372 g/mol. The zero-order valence-corrected chi connectivity index (χ0v) is 17.8. The number of hydrogen-bond donors (Lipinski definition) is 1. The lowest BCUT2D eigenvalue weighted by atomic mass is 10.2. The second kappa shape index (κ2) is 9.24. The molecule has 1 saturated heterocycles. The third-order valence-electron chi connectivity index (χ3n) is 4.79. The lowest BCUT2D eigenvalue weighted by molar-refractivity contribution is 0.0137. The summed E-state index contributed by atoms with van der Waals surface area (Å²) in [4.78, 5) is 21.0. The highest BCUT2D eigenvalue weighted by molar-refractivity contribution is 5.82. The summed E-state index contributed by atoms with van der Waals surface area (Å²) in [5.41, 5.74) is -0.471. The first-order valence-electron chi connectivity index (χ1n) is 10.2. The molecule has 2 aliphatic heterocycles. The van der Waals surface area contributed by atoms with Gasteiger partial charge >= 0.3 is 6.09 Å². The molecule has 0 bridgehead atoms. The van der Waals surface area contributed by atoms with E-state index in [1.54, 1.807) is 12.0 Å². The number of nitrogens with one attached hydrogen (secondary N) is 1. The lowest BCUT2D eigenvalue weighted by Crippen LogP contribution is -2.57. The summed E-state index contributed by atoms with van der Waals surface area (Å²) >= 11 is 0. The number of carbonyl (C=O) groups is 1. The fraction of sp³-hybridized carbons (Fsp3) is 0.619. The number of carbonyl (C=O) groups excluding carboxylic acids is 1. The molecule has 1 aromatic carbocycles. The van der Waals surface area contributed by atoms with E-state index < -0.39 is 5.60 Å². The van der Waals surface area contributed by atoms with Crippen LogP contribution in [0.15, 0.2) is 29.3 Å². The van der Waals surface area contributed by atoms with Crippen molar-refractivity contribution in [3.63, 3.8) is 0 Å². The zero-order valence-electron chi connectivity index (χ0n) is 17.8. The molecule has 1 amide bonds. The molecule has 1 aromatic rings. The minimum absolute atomic E-state index is 0.217. The van der Waals surface area contributed by atoms with Gasteiger partial charge in [0.25, 0.3) is 0 Å². The van der Waals surface area contributed by atoms with Crippen molar-refractivity contribution in [2.45, 2.75) is 38.8 Å². The molecule has 1 N–H and O–H groups in total. The van der Waals surface area contributed by atoms with Crippen LogP contribution in [0, 0.1) is 0 Å². The van der Waals surface area contributed by atoms with Crippen LogP contribution in [0.5, 0.6) is 11.5 Å². The molecule has 1 unspecified atom stereocenters. The van der Waals surface area contributed by atoms with Gasteiger partial charge in [-0.1, -0.05) is 0 Å². The van der Waals surface area contributed by atoms with E-state index in [2.05, 4.69) is 15.2 Å². The van der Waals surface area contributed by atoms with Crippen LogP contribution in [-0.4, -0.2) is 79.9 Å². The van der Waals surface area contributed by atoms with Crippen molar-refractivity contribution in [2.24, 2.45) is 4.99 Å². The van der Waals surface area contributed by atoms with E-state index in [4.69, 9.17) is 14.2 Å². The number of ether oxygens (including phenoxy) is 3. The fourth-order valence-corrected chi connectivity index (χ4v) is 3.36. The largest absolute Gasteiger partial charge is 0.497 e. The van der Waals surface area contributed by atoms with Gasteiger partial charge in [-0.25, -0.2) is 4.79 Å². The summed E-state index contributed by atoms with van der Waals surface area (Å²) in [5, 5.41) is 3.41. The van der Waals surface area contributed by atoms with E-state index in [0.29, 0.717) is 26.2 Å². The van der Waals surface area contributed by atoms with Crippen LogP contribution in [-0.2, 0) is 4.74 Å². The highest BCUT2D eigenvalue weighted by Gasteiger charge is 2.36. The van der Waals surface area contributed by atoms with Gasteiger partial charge in [-0.05, 0) is 51.5 Å². The van der Waals surface area contributed by atoms with Gasteiger partial charge in [-0.3, -0.25) is 4.99 Å². The van der Waals surface area contributed by atoms with Crippen LogP contribution in [0.3, 0.4) is 0 Å². The monoisotopic (exact) mass is 404 g/mol. The fourth-order valence-electron chi connectivity index (χ4n) is 3.36. The Morgan fingerprint density at radius 3 is 2.62 bits per heavy atom. The minimum Gasteiger partial charge on any atom is -0.497 e. The van der Waals surface area contributed by atoms with Crippen molar-refractivity contribution in [3.05, 3.63) is 24.3 Å². The van der Waals surface area contributed by atoms with Crippen molar-refractivity contribution >= 4 is 12.1 Å². The van der Waals surface area contributed by atoms with Gasteiger partial charge in [0.05, 0.1) is 26.3 Å². The number of rotatable bonds is 6. The maximum absolute atomic E-state index is 12.3. The molecule has 3 rings (SSSR count). The molecule has 1 fully saturated rings. The number of benzene rings is 1. The normalized spacial score (nSPS) is 18.8. The SMILES string of the molecule is COc1ccc(OCCCNC2=NCC3CN(C(=O)OC(C)(C)C)CCN23)cc1. The summed E-state index contributed by atoms with van der Waals surface area (Å²) < 4.78 is 16.4. The predicted octanol–water partition coefficient (Wildman–Crippen LogP) is 2.34. The standard InChI is InChI=1S/C21H32N4O4/c1-21(2,3)29-20(26)24-11-12-25-16(15-24)14-23-19(25)22-10-5-13-28-18-8-6-17(27-4)7-9-18/h6-9,16H,5,10-15H2,1-4H3,(H,22,23). The maximum atomic E-state index is 12.3. The number of methoxy groups -OCH3 is 1. The van der Waals surface area contributed by atoms with E-state index in [0.717, 1.165) is 37.0 Å². The van der Waals surface area contributed by atoms with Gasteiger partial charge in [0.15, 0.2) is 5.96 Å². The van der Waals surface area contributed by atoms with E-state index in [1.165, 1.54) is 0 Å². The Bertz CT molecular complexity index is 714. The molecule has 0 radical (unpaired) electrons. The molecule has 2 heterocycles. The second-order valence-electron chi connectivity index (χ2n) is 8.24. The van der Waals surface area contributed by atoms with Gasteiger partial charge in [0.2, 0.25) is 0 Å². The number of aliphatic imine (C=N–C) groups is 1. The molecule has 0 aliphatic carbocycles. The first kappa shape index (κ1) is 21.1. The van der Waals surface area contributed by atoms with Gasteiger partial charge in [-0.15, -0.1) is 0 Å². The third kappa shape index (κ3) is 5.92. The minimum atomic E-state index is -0.471. The lowest BCUT2D eigenvalue weighted by Gasteiger charge is -2.39. The summed E-state index contributed by atoms with van der Waals surface area (Å²) in [6.07, 6.45) is 0.627. The quantitative estimate of drug-likeness (QED) is 0.734. The first-order chi connectivity index (χ1) is 13.9. The van der Waals surface area contributed by atoms with Crippen LogP contribution < -0.4 is 14.8 Å². The van der Waals surface area contributed by atoms with E-state index >= 15 is 0 Å². The van der Waals surface area contributed by atoms with Gasteiger partial charge < -0.3 is 29.3 Å². The highest BCUT2D eigenvalue weighted by atomic mass is 16.6. The molecular formula is C21H32N4O4. The Morgan fingerprint density at radius 2 is 1.93 bits per heavy atom. The van der Waals surface area contributed by atoms with Gasteiger partial charge in [0, 0.05) is 26.2 Å². The predicted molar refractivity (Wildman–Crippen MR) is 112 cm³/mol. The van der Waals surface area contributed by atoms with Crippen molar-refractivity contribution in [1.82, 2.24) is 15.1 Å². The zero-order chi connectivity index (χ0) is 20.9. The molecule has 0 spiro atoms. The van der Waals surface area contributed by atoms with Crippen LogP contribution in [0.1, 0.15) is 27.2 Å². The van der Waals surface area contributed by atoms with Crippen molar-refractivity contribution < 1.29 is 19.0 Å². The number of nitrogens with zero attached hydrogens (tertiary/aromatic N) is 3. The Hall–Kier alpha value is -2.64. The number of amides is 1. The molecule has 0 saturated carbocycles. The molecule has 160 valence electrons. The number of fused-ring (bicyclic) bond motifs is 1. The topological polar surface area (TPSA) is 75.6 Å². The Kier molecular flexibility index (Phi) is 6.71. The maximum Gasteiger partial charge on any atom is 0.410 e. The first-order valence-corrected chi connectivity index (χ1v) is 10.2. The van der Waals surface area contributed by atoms with Crippen molar-refractivity contribution in [2.75, 3.05) is 46.4 Å². The Balaban J connectivity index is 1.35. The second-order valence-corrected chi connectivity index (χ2v) is 8.24. The third-order valence-corrected chi connectivity index (χ3v) is 4.79. The van der Waals surface area contributed by atoms with Gasteiger partial charge in [-0.2, -0.15) is 0 Å². The van der Waals surface area contributed by atoms with Crippen molar-refractivity contribution in [1.29, 1.82) is 0 Å². The summed E-state index contributed by atoms with van der Waals surface area (Å²) in [6.45, 7) is 9.83. The summed E-state index contributed by atoms with van der Waals surface area (Å²) in [7, 11) is 1.65. The van der Waals surface area contributed by atoms with Gasteiger partial charge in [0.1, 0.15) is 17.1 Å². The van der Waals surface area contributed by atoms with Crippen LogP contribution in [0.4, 0.5) is 4.79 Å².